The number of nitrogens with zero attached hydrogens (tertiary/aromatic N) is 3. The van der Waals surface area contributed by atoms with E-state index in [4.69, 9.17) is 4.98 Å². The van der Waals surface area contributed by atoms with E-state index in [1.165, 1.54) is 35.3 Å². The van der Waals surface area contributed by atoms with Crippen LogP contribution in [-0.2, 0) is 6.42 Å². The molecule has 2 unspecified atom stereocenters. The molecule has 3 heterocycles. The van der Waals surface area contributed by atoms with Gasteiger partial charge in [-0.25, -0.2) is 4.98 Å². The molecule has 116 valence electrons. The van der Waals surface area contributed by atoms with Crippen molar-refractivity contribution in [3.8, 4) is 0 Å². The van der Waals surface area contributed by atoms with Crippen molar-refractivity contribution in [2.24, 2.45) is 5.92 Å². The highest BCUT2D eigenvalue weighted by atomic mass is 32.1. The van der Waals surface area contributed by atoms with E-state index in [0.29, 0.717) is 6.04 Å². The summed E-state index contributed by atoms with van der Waals surface area (Å²) < 4.78 is 3.83. The Hall–Kier alpha value is -1.46. The number of rotatable bonds is 4. The summed E-state index contributed by atoms with van der Waals surface area (Å²) >= 11 is 1.79. The van der Waals surface area contributed by atoms with Crippen molar-refractivity contribution >= 4 is 32.6 Å². The van der Waals surface area contributed by atoms with Crippen LogP contribution in [-0.4, -0.2) is 28.1 Å². The number of fused-ring (bicyclic) bond motifs is 3. The van der Waals surface area contributed by atoms with Gasteiger partial charge in [-0.2, -0.15) is 0 Å². The Morgan fingerprint density at radius 1 is 1.36 bits per heavy atom. The van der Waals surface area contributed by atoms with Crippen molar-refractivity contribution in [1.29, 1.82) is 0 Å². The van der Waals surface area contributed by atoms with Gasteiger partial charge >= 0.3 is 0 Å². The average molecular weight is 314 g/mol. The molecule has 1 N–H and O–H groups in total. The molecule has 3 aromatic heterocycles. The van der Waals surface area contributed by atoms with Crippen molar-refractivity contribution in [2.75, 3.05) is 13.6 Å². The predicted molar refractivity (Wildman–Crippen MR) is 92.6 cm³/mol. The third-order valence-electron chi connectivity index (χ3n) is 4.88. The maximum atomic E-state index is 4.87. The van der Waals surface area contributed by atoms with Gasteiger partial charge in [-0.15, -0.1) is 11.3 Å². The van der Waals surface area contributed by atoms with Crippen LogP contribution in [0.1, 0.15) is 38.1 Å². The average Bonchev–Trinajstić information content (AvgIpc) is 3.23. The Morgan fingerprint density at radius 3 is 3.09 bits per heavy atom. The number of imidazole rings is 1. The summed E-state index contributed by atoms with van der Waals surface area (Å²) in [6.45, 7) is 3.33. The third kappa shape index (κ3) is 2.15. The lowest BCUT2D eigenvalue weighted by Gasteiger charge is -2.17. The van der Waals surface area contributed by atoms with Gasteiger partial charge in [0.2, 0.25) is 0 Å². The molecule has 0 aromatic carbocycles. The molecule has 0 spiro atoms. The number of nitrogens with one attached hydrogen (secondary N) is 1. The first-order valence-electron chi connectivity index (χ1n) is 8.19. The number of aryl methyl sites for hydroxylation is 1. The van der Waals surface area contributed by atoms with Crippen molar-refractivity contribution in [2.45, 2.75) is 38.6 Å². The first-order chi connectivity index (χ1) is 10.8. The lowest BCUT2D eigenvalue weighted by Crippen LogP contribution is -2.17. The van der Waals surface area contributed by atoms with E-state index >= 15 is 0 Å². The number of hydrogen-bond acceptors (Lipinski definition) is 4. The summed E-state index contributed by atoms with van der Waals surface area (Å²) in [6.07, 6.45) is 6.76. The zero-order valence-electron chi connectivity index (χ0n) is 13.2. The van der Waals surface area contributed by atoms with Crippen LogP contribution in [0.2, 0.25) is 0 Å². The quantitative estimate of drug-likeness (QED) is 0.797. The zero-order valence-corrected chi connectivity index (χ0v) is 14.0. The third-order valence-corrected chi connectivity index (χ3v) is 5.79. The summed E-state index contributed by atoms with van der Waals surface area (Å²) in [6, 6.07) is 2.70. The summed E-state index contributed by atoms with van der Waals surface area (Å²) in [4.78, 5) is 9.42. The van der Waals surface area contributed by atoms with Crippen LogP contribution >= 0.6 is 11.3 Å². The number of hydrogen-bond donors (Lipinski definition) is 1. The van der Waals surface area contributed by atoms with Gasteiger partial charge in [0.25, 0.3) is 0 Å². The summed E-state index contributed by atoms with van der Waals surface area (Å²) in [5, 5.41) is 5.47. The second kappa shape index (κ2) is 5.63. The maximum absolute atomic E-state index is 4.87. The lowest BCUT2D eigenvalue weighted by molar-refractivity contribution is 0.462. The van der Waals surface area contributed by atoms with Gasteiger partial charge in [0.1, 0.15) is 11.3 Å². The topological polar surface area (TPSA) is 42.7 Å². The molecule has 0 amide bonds. The molecule has 0 radical (unpaired) electrons. The summed E-state index contributed by atoms with van der Waals surface area (Å²) in [5.74, 6) is 2.01. The van der Waals surface area contributed by atoms with E-state index in [0.717, 1.165) is 29.9 Å². The highest BCUT2D eigenvalue weighted by Crippen LogP contribution is 2.39. The fraction of sp³-hybridized carbons (Fsp3) is 0.529. The van der Waals surface area contributed by atoms with Crippen LogP contribution in [0, 0.1) is 5.92 Å². The standard InChI is InChI=1S/C17H22N4S/c1-3-15-20-14-10-19-13-6-7-22-17(13)16(14)21(15)12-5-4-11(8-12)9-18-2/h6-7,10-12,18H,3-5,8-9H2,1-2H3. The van der Waals surface area contributed by atoms with Crippen LogP contribution in [0.4, 0.5) is 0 Å². The van der Waals surface area contributed by atoms with Gasteiger partial charge in [0, 0.05) is 12.5 Å². The van der Waals surface area contributed by atoms with Crippen LogP contribution in [0.5, 0.6) is 0 Å². The molecule has 3 aromatic rings. The first-order valence-corrected chi connectivity index (χ1v) is 9.07. The van der Waals surface area contributed by atoms with E-state index in [-0.39, 0.29) is 0 Å². The molecule has 0 bridgehead atoms. The Balaban J connectivity index is 1.86. The molecular weight excluding hydrogens is 292 g/mol. The van der Waals surface area contributed by atoms with E-state index in [1.54, 1.807) is 11.3 Å². The molecule has 4 rings (SSSR count). The largest absolute Gasteiger partial charge is 0.324 e. The monoisotopic (exact) mass is 314 g/mol. The van der Waals surface area contributed by atoms with Gasteiger partial charge in [0.15, 0.2) is 0 Å². The lowest BCUT2D eigenvalue weighted by atomic mass is 10.1. The van der Waals surface area contributed by atoms with Crippen LogP contribution in [0.25, 0.3) is 21.3 Å². The minimum atomic E-state index is 0.589. The van der Waals surface area contributed by atoms with Crippen molar-refractivity contribution < 1.29 is 0 Å². The number of pyridine rings is 1. The number of aromatic nitrogens is 3. The van der Waals surface area contributed by atoms with Crippen LogP contribution < -0.4 is 5.32 Å². The van der Waals surface area contributed by atoms with Gasteiger partial charge in [0.05, 0.1) is 21.9 Å². The Kier molecular flexibility index (Phi) is 3.62. The molecule has 4 nitrogen and oxygen atoms in total. The highest BCUT2D eigenvalue weighted by molar-refractivity contribution is 7.18. The van der Waals surface area contributed by atoms with Crippen molar-refractivity contribution in [3.63, 3.8) is 0 Å². The molecule has 1 fully saturated rings. The molecule has 0 aliphatic heterocycles. The molecular formula is C17H22N4S. The fourth-order valence-electron chi connectivity index (χ4n) is 3.93. The Bertz CT molecular complexity index is 804. The molecule has 2 atom stereocenters. The zero-order chi connectivity index (χ0) is 15.1. The molecule has 1 aliphatic rings. The maximum Gasteiger partial charge on any atom is 0.109 e. The van der Waals surface area contributed by atoms with Crippen LogP contribution in [0.15, 0.2) is 17.6 Å². The van der Waals surface area contributed by atoms with Crippen LogP contribution in [0.3, 0.4) is 0 Å². The van der Waals surface area contributed by atoms with Gasteiger partial charge in [-0.3, -0.25) is 4.98 Å². The van der Waals surface area contributed by atoms with E-state index < -0.39 is 0 Å². The van der Waals surface area contributed by atoms with Gasteiger partial charge < -0.3 is 9.88 Å². The summed E-state index contributed by atoms with van der Waals surface area (Å²) in [7, 11) is 2.05. The summed E-state index contributed by atoms with van der Waals surface area (Å²) in [5.41, 5.74) is 3.47. The second-order valence-electron chi connectivity index (χ2n) is 6.27. The second-order valence-corrected chi connectivity index (χ2v) is 7.19. The first kappa shape index (κ1) is 14.2. The van der Waals surface area contributed by atoms with E-state index in [2.05, 4.69) is 40.3 Å². The SMILES string of the molecule is CCc1nc2cnc3ccsc3c2n1C1CCC(CNC)C1. The molecule has 1 saturated carbocycles. The molecule has 1 aliphatic carbocycles. The predicted octanol–water partition coefficient (Wildman–Crippen LogP) is 3.77. The minimum Gasteiger partial charge on any atom is -0.324 e. The Labute approximate surface area is 134 Å². The molecule has 5 heteroatoms. The van der Waals surface area contributed by atoms with Crippen molar-refractivity contribution in [3.05, 3.63) is 23.5 Å². The van der Waals surface area contributed by atoms with Gasteiger partial charge in [-0.1, -0.05) is 6.92 Å². The highest BCUT2D eigenvalue weighted by Gasteiger charge is 2.29. The molecule has 22 heavy (non-hydrogen) atoms. The number of thiophene rings is 1. The van der Waals surface area contributed by atoms with E-state index in [9.17, 15) is 0 Å². The fourth-order valence-corrected chi connectivity index (χ4v) is 4.82. The van der Waals surface area contributed by atoms with Crippen molar-refractivity contribution in [1.82, 2.24) is 19.9 Å². The smallest absolute Gasteiger partial charge is 0.109 e. The van der Waals surface area contributed by atoms with E-state index in [1.807, 2.05) is 6.20 Å². The normalized spacial score (nSPS) is 22.1. The Morgan fingerprint density at radius 2 is 2.27 bits per heavy atom. The van der Waals surface area contributed by atoms with Gasteiger partial charge in [-0.05, 0) is 50.2 Å². The molecule has 0 saturated heterocycles. The minimum absolute atomic E-state index is 0.589.